The predicted octanol–water partition coefficient (Wildman–Crippen LogP) is 2.73. The lowest BCUT2D eigenvalue weighted by atomic mass is 9.71. The molecule has 0 radical (unpaired) electrons. The fourth-order valence-corrected chi connectivity index (χ4v) is 5.51. The van der Waals surface area contributed by atoms with Gasteiger partial charge in [0.15, 0.2) is 0 Å². The maximum absolute atomic E-state index is 13.1. The van der Waals surface area contributed by atoms with Gasteiger partial charge in [0.25, 0.3) is 5.91 Å². The van der Waals surface area contributed by atoms with Crippen molar-refractivity contribution in [3.8, 4) is 0 Å². The van der Waals surface area contributed by atoms with Crippen molar-refractivity contribution < 1.29 is 14.3 Å². The minimum Gasteiger partial charge on any atom is -0.375 e. The molecule has 2 aromatic heterocycles. The molecular formula is C26H29N5O3. The van der Waals surface area contributed by atoms with E-state index in [1.54, 1.807) is 47.8 Å². The monoisotopic (exact) mass is 459 g/mol. The number of benzene rings is 1. The topological polar surface area (TPSA) is 89.4 Å². The maximum Gasteiger partial charge on any atom is 0.253 e. The van der Waals surface area contributed by atoms with E-state index in [9.17, 15) is 9.59 Å². The summed E-state index contributed by atoms with van der Waals surface area (Å²) in [5.74, 6) is -0.0730. The van der Waals surface area contributed by atoms with Gasteiger partial charge in [0.2, 0.25) is 5.91 Å². The number of carbonyl (C=O) groups is 2. The molecule has 1 saturated heterocycles. The van der Waals surface area contributed by atoms with Crippen LogP contribution >= 0.6 is 0 Å². The third-order valence-corrected chi connectivity index (χ3v) is 7.12. The summed E-state index contributed by atoms with van der Waals surface area (Å²) in [7, 11) is 0. The van der Waals surface area contributed by atoms with Gasteiger partial charge < -0.3 is 19.5 Å². The van der Waals surface area contributed by atoms with Crippen LogP contribution in [0.1, 0.15) is 47.3 Å². The molecule has 1 aliphatic heterocycles. The molecule has 2 atom stereocenters. The second-order valence-corrected chi connectivity index (χ2v) is 8.93. The SMILES string of the molecule is CCO[C@H]1[C@H](NC(=O)c2cccnc2)c2ccccc2C12CCN(C(=O)Cn1ccnc1)CC2. The van der Waals surface area contributed by atoms with Gasteiger partial charge in [0.05, 0.1) is 24.0 Å². The van der Waals surface area contributed by atoms with Gasteiger partial charge in [-0.3, -0.25) is 14.6 Å². The van der Waals surface area contributed by atoms with Gasteiger partial charge in [-0.2, -0.15) is 0 Å². The zero-order valence-electron chi connectivity index (χ0n) is 19.3. The molecule has 0 unspecified atom stereocenters. The van der Waals surface area contributed by atoms with Crippen LogP contribution in [0, 0.1) is 0 Å². The van der Waals surface area contributed by atoms with Crippen molar-refractivity contribution in [3.63, 3.8) is 0 Å². The number of ether oxygens (including phenoxy) is 1. The molecule has 1 spiro atoms. The average Bonchev–Trinajstić information content (AvgIpc) is 3.47. The highest BCUT2D eigenvalue weighted by molar-refractivity contribution is 5.94. The van der Waals surface area contributed by atoms with Crippen molar-refractivity contribution in [2.45, 2.75) is 43.9 Å². The Kier molecular flexibility index (Phi) is 6.15. The first-order valence-corrected chi connectivity index (χ1v) is 11.8. The quantitative estimate of drug-likeness (QED) is 0.612. The molecule has 2 aliphatic rings. The molecule has 1 fully saturated rings. The van der Waals surface area contributed by atoms with Crippen LogP contribution in [0.2, 0.25) is 0 Å². The molecule has 8 heteroatoms. The summed E-state index contributed by atoms with van der Waals surface area (Å²) in [5, 5.41) is 3.23. The number of piperidine rings is 1. The minimum absolute atomic E-state index is 0.0912. The van der Waals surface area contributed by atoms with Crippen LogP contribution in [0.3, 0.4) is 0 Å². The Morgan fingerprint density at radius 1 is 1.12 bits per heavy atom. The average molecular weight is 460 g/mol. The third-order valence-electron chi connectivity index (χ3n) is 7.12. The summed E-state index contributed by atoms with van der Waals surface area (Å²) < 4.78 is 8.16. The van der Waals surface area contributed by atoms with E-state index in [-0.39, 0.29) is 29.4 Å². The van der Waals surface area contributed by atoms with E-state index in [0.29, 0.717) is 31.8 Å². The van der Waals surface area contributed by atoms with E-state index in [1.807, 2.05) is 24.0 Å². The molecular weight excluding hydrogens is 430 g/mol. The van der Waals surface area contributed by atoms with Gasteiger partial charge in [-0.15, -0.1) is 0 Å². The summed E-state index contributed by atoms with van der Waals surface area (Å²) in [5.41, 5.74) is 2.57. The van der Waals surface area contributed by atoms with E-state index in [0.717, 1.165) is 18.4 Å². The Morgan fingerprint density at radius 3 is 2.65 bits per heavy atom. The first-order chi connectivity index (χ1) is 16.6. The van der Waals surface area contributed by atoms with Crippen molar-refractivity contribution >= 4 is 11.8 Å². The molecule has 3 heterocycles. The summed E-state index contributed by atoms with van der Waals surface area (Å²) in [6.07, 6.45) is 9.73. The number of amides is 2. The number of rotatable bonds is 6. The molecule has 34 heavy (non-hydrogen) atoms. The zero-order chi connectivity index (χ0) is 23.5. The molecule has 0 bridgehead atoms. The second kappa shape index (κ2) is 9.38. The van der Waals surface area contributed by atoms with Gasteiger partial charge >= 0.3 is 0 Å². The smallest absolute Gasteiger partial charge is 0.253 e. The summed E-state index contributed by atoms with van der Waals surface area (Å²) in [6.45, 7) is 4.12. The first-order valence-electron chi connectivity index (χ1n) is 11.8. The highest BCUT2D eigenvalue weighted by Gasteiger charge is 2.54. The maximum atomic E-state index is 13.1. The third kappa shape index (κ3) is 3.98. The number of hydrogen-bond acceptors (Lipinski definition) is 5. The van der Waals surface area contributed by atoms with Crippen molar-refractivity contribution in [1.82, 2.24) is 24.8 Å². The normalized spacial score (nSPS) is 20.8. The number of hydrogen-bond donors (Lipinski definition) is 1. The number of imidazole rings is 1. The second-order valence-electron chi connectivity index (χ2n) is 8.93. The van der Waals surface area contributed by atoms with Gasteiger partial charge in [0, 0.05) is 49.9 Å². The number of pyridine rings is 1. The number of carbonyl (C=O) groups excluding carboxylic acids is 2. The summed E-state index contributed by atoms with van der Waals surface area (Å²) >= 11 is 0. The van der Waals surface area contributed by atoms with Gasteiger partial charge in [0.1, 0.15) is 6.54 Å². The van der Waals surface area contributed by atoms with E-state index in [4.69, 9.17) is 4.74 Å². The number of nitrogens with zero attached hydrogens (tertiary/aromatic N) is 4. The largest absolute Gasteiger partial charge is 0.375 e. The van der Waals surface area contributed by atoms with E-state index in [1.165, 1.54) is 5.56 Å². The molecule has 5 rings (SSSR count). The van der Waals surface area contributed by atoms with Crippen molar-refractivity contribution in [1.29, 1.82) is 0 Å². The first kappa shape index (κ1) is 22.3. The van der Waals surface area contributed by atoms with Crippen LogP contribution in [0.4, 0.5) is 0 Å². The Bertz CT molecular complexity index is 1140. The van der Waals surface area contributed by atoms with E-state index < -0.39 is 0 Å². The van der Waals surface area contributed by atoms with Crippen LogP contribution < -0.4 is 5.32 Å². The number of likely N-dealkylation sites (tertiary alicyclic amines) is 1. The van der Waals surface area contributed by atoms with E-state index in [2.05, 4.69) is 27.4 Å². The molecule has 0 saturated carbocycles. The van der Waals surface area contributed by atoms with Crippen LogP contribution in [0.5, 0.6) is 0 Å². The molecule has 1 N–H and O–H groups in total. The lowest BCUT2D eigenvalue weighted by molar-refractivity contribution is -0.134. The Balaban J connectivity index is 1.39. The number of fused-ring (bicyclic) bond motifs is 2. The molecule has 1 aliphatic carbocycles. The summed E-state index contributed by atoms with van der Waals surface area (Å²) in [4.78, 5) is 36.0. The molecule has 176 valence electrons. The molecule has 8 nitrogen and oxygen atoms in total. The molecule has 2 amide bonds. The van der Waals surface area contributed by atoms with Gasteiger partial charge in [-0.1, -0.05) is 24.3 Å². The van der Waals surface area contributed by atoms with Crippen LogP contribution in [-0.4, -0.2) is 57.0 Å². The highest BCUT2D eigenvalue weighted by atomic mass is 16.5. The minimum atomic E-state index is -0.267. The lowest BCUT2D eigenvalue weighted by Crippen LogP contribution is -2.52. The number of aromatic nitrogens is 3. The fraction of sp³-hybridized carbons (Fsp3) is 0.385. The Morgan fingerprint density at radius 2 is 1.94 bits per heavy atom. The Labute approximate surface area is 199 Å². The Hall–Kier alpha value is -3.52. The van der Waals surface area contributed by atoms with Crippen molar-refractivity contribution in [2.75, 3.05) is 19.7 Å². The lowest BCUT2D eigenvalue weighted by Gasteiger charge is -2.44. The van der Waals surface area contributed by atoms with Crippen molar-refractivity contribution in [2.24, 2.45) is 0 Å². The van der Waals surface area contributed by atoms with Gasteiger partial charge in [-0.25, -0.2) is 4.98 Å². The molecule has 1 aromatic carbocycles. The fourth-order valence-electron chi connectivity index (χ4n) is 5.51. The molecule has 3 aromatic rings. The van der Waals surface area contributed by atoms with Crippen LogP contribution in [0.25, 0.3) is 0 Å². The van der Waals surface area contributed by atoms with Gasteiger partial charge in [-0.05, 0) is 43.0 Å². The zero-order valence-corrected chi connectivity index (χ0v) is 19.3. The number of nitrogens with one attached hydrogen (secondary N) is 1. The van der Waals surface area contributed by atoms with Crippen LogP contribution in [-0.2, 0) is 21.5 Å². The summed E-state index contributed by atoms with van der Waals surface area (Å²) in [6, 6.07) is 11.5. The van der Waals surface area contributed by atoms with E-state index >= 15 is 0 Å². The highest BCUT2D eigenvalue weighted by Crippen LogP contribution is 2.52. The standard InChI is InChI=1S/C26H29N5O3/c1-2-34-24-23(29-25(33)19-6-5-11-27-16-19)20-7-3-4-8-21(20)26(24)9-13-31(14-10-26)22(32)17-30-15-12-28-18-30/h3-8,11-12,15-16,18,23-24H,2,9-10,13-14,17H2,1H3,(H,29,33)/t23-,24+/m1/s1. The van der Waals surface area contributed by atoms with Crippen molar-refractivity contribution in [3.05, 3.63) is 84.2 Å². The van der Waals surface area contributed by atoms with Crippen LogP contribution in [0.15, 0.2) is 67.5 Å². The predicted molar refractivity (Wildman–Crippen MR) is 126 cm³/mol.